The van der Waals surface area contributed by atoms with Crippen molar-refractivity contribution in [1.29, 1.82) is 0 Å². The molecule has 0 spiro atoms. The molecule has 3 rings (SSSR count). The van der Waals surface area contributed by atoms with Crippen LogP contribution < -0.4 is 5.32 Å². The van der Waals surface area contributed by atoms with Crippen LogP contribution in [0.5, 0.6) is 0 Å². The number of para-hydroxylation sites is 1. The van der Waals surface area contributed by atoms with E-state index in [9.17, 15) is 9.90 Å². The molecule has 2 unspecified atom stereocenters. The SMILES string of the molecule is CC(=O)Nc1ccccc1CN1CCCC1CC(O)c1ccco1. The van der Waals surface area contributed by atoms with E-state index in [1.165, 1.54) is 6.92 Å². The molecule has 1 aromatic heterocycles. The van der Waals surface area contributed by atoms with Crippen molar-refractivity contribution in [3.8, 4) is 0 Å². The molecule has 1 aliphatic heterocycles. The third kappa shape index (κ3) is 4.04. The number of carbonyl (C=O) groups excluding carboxylic acids is 1. The van der Waals surface area contributed by atoms with E-state index in [1.54, 1.807) is 12.3 Å². The fourth-order valence-corrected chi connectivity index (χ4v) is 3.41. The second-order valence-corrected chi connectivity index (χ2v) is 6.37. The largest absolute Gasteiger partial charge is 0.467 e. The van der Waals surface area contributed by atoms with Gasteiger partial charge in [0.25, 0.3) is 0 Å². The first-order valence-corrected chi connectivity index (χ1v) is 8.44. The van der Waals surface area contributed by atoms with Crippen LogP contribution in [0.25, 0.3) is 0 Å². The van der Waals surface area contributed by atoms with Crippen LogP contribution in [-0.4, -0.2) is 28.5 Å². The van der Waals surface area contributed by atoms with Crippen molar-refractivity contribution in [3.05, 3.63) is 54.0 Å². The second kappa shape index (κ2) is 7.64. The summed E-state index contributed by atoms with van der Waals surface area (Å²) in [5, 5.41) is 13.2. The third-order valence-corrected chi connectivity index (χ3v) is 4.57. The number of hydrogen-bond donors (Lipinski definition) is 2. The highest BCUT2D eigenvalue weighted by molar-refractivity contribution is 5.89. The summed E-state index contributed by atoms with van der Waals surface area (Å²) in [5.74, 6) is 0.564. The molecule has 5 nitrogen and oxygen atoms in total. The average Bonchev–Trinajstić information content (AvgIpc) is 3.21. The Labute approximate surface area is 142 Å². The van der Waals surface area contributed by atoms with Gasteiger partial charge in [0.2, 0.25) is 5.91 Å². The Bertz CT molecular complexity index is 669. The zero-order chi connectivity index (χ0) is 16.9. The maximum absolute atomic E-state index is 11.4. The molecule has 0 aliphatic carbocycles. The van der Waals surface area contributed by atoms with Crippen LogP contribution in [0.4, 0.5) is 5.69 Å². The molecule has 2 N–H and O–H groups in total. The van der Waals surface area contributed by atoms with Crippen molar-refractivity contribution in [3.63, 3.8) is 0 Å². The number of hydrogen-bond acceptors (Lipinski definition) is 4. The van der Waals surface area contributed by atoms with Gasteiger partial charge in [-0.05, 0) is 49.6 Å². The van der Waals surface area contributed by atoms with E-state index in [2.05, 4.69) is 10.2 Å². The van der Waals surface area contributed by atoms with Gasteiger partial charge < -0.3 is 14.8 Å². The Hall–Kier alpha value is -2.11. The second-order valence-electron chi connectivity index (χ2n) is 6.37. The van der Waals surface area contributed by atoms with Crippen LogP contribution in [-0.2, 0) is 11.3 Å². The fourth-order valence-electron chi connectivity index (χ4n) is 3.41. The average molecular weight is 328 g/mol. The van der Waals surface area contributed by atoms with Crippen molar-refractivity contribution < 1.29 is 14.3 Å². The van der Waals surface area contributed by atoms with E-state index < -0.39 is 6.10 Å². The highest BCUT2D eigenvalue weighted by Crippen LogP contribution is 2.30. The minimum atomic E-state index is -0.573. The smallest absolute Gasteiger partial charge is 0.221 e. The van der Waals surface area contributed by atoms with Crippen molar-refractivity contribution in [2.24, 2.45) is 0 Å². The quantitative estimate of drug-likeness (QED) is 0.854. The summed E-state index contributed by atoms with van der Waals surface area (Å²) >= 11 is 0. The van der Waals surface area contributed by atoms with Gasteiger partial charge in [-0.25, -0.2) is 0 Å². The Morgan fingerprint density at radius 2 is 2.21 bits per heavy atom. The van der Waals surface area contributed by atoms with Crippen LogP contribution in [0.1, 0.15) is 43.6 Å². The van der Waals surface area contributed by atoms with Gasteiger partial charge >= 0.3 is 0 Å². The van der Waals surface area contributed by atoms with E-state index in [1.807, 2.05) is 30.3 Å². The number of furan rings is 1. The summed E-state index contributed by atoms with van der Waals surface area (Å²) in [5.41, 5.74) is 1.97. The fraction of sp³-hybridized carbons (Fsp3) is 0.421. The molecule has 128 valence electrons. The normalized spacial score (nSPS) is 19.3. The molecule has 24 heavy (non-hydrogen) atoms. The van der Waals surface area contributed by atoms with E-state index in [0.717, 1.165) is 37.2 Å². The number of amides is 1. The molecule has 1 saturated heterocycles. The van der Waals surface area contributed by atoms with Crippen LogP contribution in [0.3, 0.4) is 0 Å². The number of nitrogens with zero attached hydrogens (tertiary/aromatic N) is 1. The molecule has 2 atom stereocenters. The van der Waals surface area contributed by atoms with E-state index in [0.29, 0.717) is 18.2 Å². The van der Waals surface area contributed by atoms with Gasteiger partial charge in [0.1, 0.15) is 11.9 Å². The topological polar surface area (TPSA) is 65.7 Å². The van der Waals surface area contributed by atoms with Crippen molar-refractivity contribution >= 4 is 11.6 Å². The molecule has 1 fully saturated rings. The predicted octanol–water partition coefficient (Wildman–Crippen LogP) is 3.33. The summed E-state index contributed by atoms with van der Waals surface area (Å²) in [6.45, 7) is 3.30. The molecule has 2 aromatic rings. The number of nitrogens with one attached hydrogen (secondary N) is 1. The number of rotatable bonds is 6. The molecular weight excluding hydrogens is 304 g/mol. The Kier molecular flexibility index (Phi) is 5.33. The molecule has 2 heterocycles. The first-order chi connectivity index (χ1) is 11.6. The number of carbonyl (C=O) groups is 1. The Morgan fingerprint density at radius 1 is 1.38 bits per heavy atom. The molecule has 1 aromatic carbocycles. The molecule has 5 heteroatoms. The minimum Gasteiger partial charge on any atom is -0.467 e. The van der Waals surface area contributed by atoms with Crippen molar-refractivity contribution in [2.45, 2.75) is 44.9 Å². The molecular formula is C19H24N2O3. The van der Waals surface area contributed by atoms with E-state index in [-0.39, 0.29) is 5.91 Å². The van der Waals surface area contributed by atoms with Crippen LogP contribution in [0, 0.1) is 0 Å². The summed E-state index contributed by atoms with van der Waals surface area (Å²) in [7, 11) is 0. The minimum absolute atomic E-state index is 0.0614. The first-order valence-electron chi connectivity index (χ1n) is 8.44. The van der Waals surface area contributed by atoms with Gasteiger partial charge in [-0.1, -0.05) is 18.2 Å². The lowest BCUT2D eigenvalue weighted by atomic mass is 10.0. The Balaban J connectivity index is 1.67. The molecule has 0 radical (unpaired) electrons. The molecule has 1 amide bonds. The van der Waals surface area contributed by atoms with Gasteiger partial charge in [0, 0.05) is 25.2 Å². The maximum Gasteiger partial charge on any atom is 0.221 e. The predicted molar refractivity (Wildman–Crippen MR) is 92.5 cm³/mol. The van der Waals surface area contributed by atoms with E-state index in [4.69, 9.17) is 4.42 Å². The zero-order valence-electron chi connectivity index (χ0n) is 13.9. The zero-order valence-corrected chi connectivity index (χ0v) is 13.9. The highest BCUT2D eigenvalue weighted by atomic mass is 16.4. The van der Waals surface area contributed by atoms with Gasteiger partial charge in [-0.3, -0.25) is 9.69 Å². The monoisotopic (exact) mass is 328 g/mol. The van der Waals surface area contributed by atoms with Crippen LogP contribution in [0.15, 0.2) is 47.1 Å². The summed E-state index contributed by atoms with van der Waals surface area (Å²) in [6, 6.07) is 11.8. The number of aliphatic hydroxyl groups excluding tert-OH is 1. The summed E-state index contributed by atoms with van der Waals surface area (Å²) < 4.78 is 5.31. The summed E-state index contributed by atoms with van der Waals surface area (Å²) in [4.78, 5) is 13.8. The van der Waals surface area contributed by atoms with Gasteiger partial charge in [-0.2, -0.15) is 0 Å². The molecule has 0 bridgehead atoms. The number of anilines is 1. The van der Waals surface area contributed by atoms with Crippen LogP contribution in [0.2, 0.25) is 0 Å². The third-order valence-electron chi connectivity index (χ3n) is 4.57. The summed E-state index contributed by atoms with van der Waals surface area (Å²) in [6.07, 6.45) is 3.87. The van der Waals surface area contributed by atoms with E-state index >= 15 is 0 Å². The lowest BCUT2D eigenvalue weighted by molar-refractivity contribution is -0.114. The lowest BCUT2D eigenvalue weighted by Crippen LogP contribution is -2.30. The highest BCUT2D eigenvalue weighted by Gasteiger charge is 2.28. The van der Waals surface area contributed by atoms with Gasteiger partial charge in [0.05, 0.1) is 6.26 Å². The lowest BCUT2D eigenvalue weighted by Gasteiger charge is -2.26. The Morgan fingerprint density at radius 3 is 2.96 bits per heavy atom. The van der Waals surface area contributed by atoms with Crippen LogP contribution >= 0.6 is 0 Å². The number of benzene rings is 1. The van der Waals surface area contributed by atoms with Gasteiger partial charge in [-0.15, -0.1) is 0 Å². The van der Waals surface area contributed by atoms with Crippen molar-refractivity contribution in [2.75, 3.05) is 11.9 Å². The molecule has 1 aliphatic rings. The number of likely N-dealkylation sites (tertiary alicyclic amines) is 1. The maximum atomic E-state index is 11.4. The van der Waals surface area contributed by atoms with Crippen molar-refractivity contribution in [1.82, 2.24) is 4.90 Å². The first kappa shape index (κ1) is 16.7. The number of aliphatic hydroxyl groups is 1. The van der Waals surface area contributed by atoms with Gasteiger partial charge in [0.15, 0.2) is 0 Å². The standard InChI is InChI=1S/C19H24N2O3/c1-14(22)20-17-8-3-2-6-15(17)13-21-10-4-7-16(21)12-18(23)19-9-5-11-24-19/h2-3,5-6,8-9,11,16,18,23H,4,7,10,12-13H2,1H3,(H,20,22). The molecule has 0 saturated carbocycles.